The number of halogens is 3. The second-order valence-electron chi connectivity index (χ2n) is 8.67. The molecule has 0 N–H and O–H groups in total. The largest absolute Gasteiger partial charge is 0.490 e. The number of ether oxygens (including phenoxy) is 1. The standard InChI is InChI=1S/C25H20F3N5O/c1-15-30-31-24-29-22(20-17(26)6-3-7-18(20)33(15)24)32-13-4-14-34-21-16(5-2-8-19(21)32)9-10-25(11-12-25)23(27)28/h2-3,5-8,23H,4,11-14H2,1H3. The van der Waals surface area contributed by atoms with Gasteiger partial charge < -0.3 is 9.64 Å². The molecular weight excluding hydrogens is 443 g/mol. The quantitative estimate of drug-likeness (QED) is 0.390. The van der Waals surface area contributed by atoms with Crippen molar-refractivity contribution in [2.45, 2.75) is 32.6 Å². The third-order valence-corrected chi connectivity index (χ3v) is 6.44. The van der Waals surface area contributed by atoms with E-state index < -0.39 is 17.7 Å². The molecule has 1 aliphatic carbocycles. The van der Waals surface area contributed by atoms with Crippen LogP contribution in [-0.4, -0.2) is 39.2 Å². The van der Waals surface area contributed by atoms with Crippen molar-refractivity contribution in [2.24, 2.45) is 5.41 Å². The topological polar surface area (TPSA) is 55.5 Å². The summed E-state index contributed by atoms with van der Waals surface area (Å²) in [5, 5.41) is 8.61. The van der Waals surface area contributed by atoms with Crippen LogP contribution in [0.2, 0.25) is 0 Å². The fraction of sp³-hybridized carbons (Fsp3) is 0.320. The van der Waals surface area contributed by atoms with E-state index >= 15 is 4.39 Å². The van der Waals surface area contributed by atoms with Gasteiger partial charge in [0.15, 0.2) is 5.75 Å². The highest BCUT2D eigenvalue weighted by atomic mass is 19.3. The SMILES string of the molecule is Cc1nnc2nc(N3CCCOc4c(C#CC5(C(F)F)CC5)cccc43)c3c(F)cccc3n12. The van der Waals surface area contributed by atoms with Gasteiger partial charge in [-0.2, -0.15) is 4.98 Å². The zero-order valence-electron chi connectivity index (χ0n) is 18.4. The highest BCUT2D eigenvalue weighted by Gasteiger charge is 2.50. The van der Waals surface area contributed by atoms with Gasteiger partial charge in [0.2, 0.25) is 0 Å². The maximum absolute atomic E-state index is 15.2. The van der Waals surface area contributed by atoms with E-state index in [2.05, 4.69) is 27.0 Å². The summed E-state index contributed by atoms with van der Waals surface area (Å²) in [4.78, 5) is 6.57. The number of aromatic nitrogens is 4. The molecule has 1 aliphatic heterocycles. The molecule has 3 heterocycles. The molecule has 2 aromatic heterocycles. The smallest absolute Gasteiger partial charge is 0.257 e. The van der Waals surface area contributed by atoms with Crippen molar-refractivity contribution in [1.29, 1.82) is 0 Å². The van der Waals surface area contributed by atoms with Gasteiger partial charge >= 0.3 is 0 Å². The minimum atomic E-state index is -2.48. The Bertz CT molecular complexity index is 1500. The molecule has 172 valence electrons. The number of rotatable bonds is 2. The summed E-state index contributed by atoms with van der Waals surface area (Å²) in [6, 6.07) is 10.3. The Morgan fingerprint density at radius 3 is 2.74 bits per heavy atom. The van der Waals surface area contributed by atoms with Gasteiger partial charge in [0.25, 0.3) is 12.2 Å². The van der Waals surface area contributed by atoms with Crippen molar-refractivity contribution in [3.05, 3.63) is 53.6 Å². The van der Waals surface area contributed by atoms with Crippen LogP contribution in [0.3, 0.4) is 0 Å². The molecule has 0 radical (unpaired) electrons. The summed E-state index contributed by atoms with van der Waals surface area (Å²) >= 11 is 0. The number of nitrogens with zero attached hydrogens (tertiary/aromatic N) is 5. The maximum Gasteiger partial charge on any atom is 0.257 e. The molecular formula is C25H20F3N5O. The van der Waals surface area contributed by atoms with Gasteiger partial charge in [-0.3, -0.25) is 4.40 Å². The Morgan fingerprint density at radius 2 is 1.94 bits per heavy atom. The number of fused-ring (bicyclic) bond motifs is 4. The number of hydrogen-bond acceptors (Lipinski definition) is 5. The van der Waals surface area contributed by atoms with Crippen LogP contribution in [0, 0.1) is 30.0 Å². The van der Waals surface area contributed by atoms with Crippen molar-refractivity contribution in [3.63, 3.8) is 0 Å². The van der Waals surface area contributed by atoms with Crippen LogP contribution in [0.15, 0.2) is 36.4 Å². The number of benzene rings is 2. The highest BCUT2D eigenvalue weighted by Crippen LogP contribution is 2.50. The van der Waals surface area contributed by atoms with E-state index in [1.54, 1.807) is 29.5 Å². The third kappa shape index (κ3) is 3.16. The second-order valence-corrected chi connectivity index (χ2v) is 8.67. The van der Waals surface area contributed by atoms with Gasteiger partial charge in [-0.1, -0.05) is 24.0 Å². The lowest BCUT2D eigenvalue weighted by molar-refractivity contribution is 0.0921. The zero-order valence-corrected chi connectivity index (χ0v) is 18.4. The van der Waals surface area contributed by atoms with Crippen molar-refractivity contribution in [2.75, 3.05) is 18.1 Å². The van der Waals surface area contributed by atoms with E-state index in [0.29, 0.717) is 77.7 Å². The number of para-hydroxylation sites is 1. The first kappa shape index (κ1) is 20.8. The molecule has 9 heteroatoms. The van der Waals surface area contributed by atoms with E-state index in [-0.39, 0.29) is 0 Å². The van der Waals surface area contributed by atoms with Gasteiger partial charge in [-0.25, -0.2) is 13.2 Å². The number of hydrogen-bond donors (Lipinski definition) is 0. The van der Waals surface area contributed by atoms with E-state index in [0.717, 1.165) is 0 Å². The van der Waals surface area contributed by atoms with Crippen LogP contribution < -0.4 is 9.64 Å². The fourth-order valence-electron chi connectivity index (χ4n) is 4.42. The summed E-state index contributed by atoms with van der Waals surface area (Å²) in [5.41, 5.74) is 0.576. The van der Waals surface area contributed by atoms with Gasteiger partial charge in [-0.05, 0) is 50.5 Å². The summed E-state index contributed by atoms with van der Waals surface area (Å²) in [5.74, 6) is 7.16. The summed E-state index contributed by atoms with van der Waals surface area (Å²) < 4.78 is 49.7. The summed E-state index contributed by atoms with van der Waals surface area (Å²) in [6.07, 6.45) is -1.03. The minimum Gasteiger partial charge on any atom is -0.490 e. The first-order chi connectivity index (χ1) is 16.5. The number of alkyl halides is 2. The molecule has 34 heavy (non-hydrogen) atoms. The van der Waals surface area contributed by atoms with Crippen LogP contribution in [0.25, 0.3) is 16.7 Å². The molecule has 6 rings (SSSR count). The Morgan fingerprint density at radius 1 is 1.12 bits per heavy atom. The lowest BCUT2D eigenvalue weighted by atomic mass is 10.1. The Balaban J connectivity index is 1.55. The van der Waals surface area contributed by atoms with Crippen LogP contribution in [-0.2, 0) is 0 Å². The van der Waals surface area contributed by atoms with Gasteiger partial charge in [0, 0.05) is 6.54 Å². The Labute approximate surface area is 193 Å². The molecule has 0 spiro atoms. The van der Waals surface area contributed by atoms with Crippen molar-refractivity contribution < 1.29 is 17.9 Å². The van der Waals surface area contributed by atoms with Gasteiger partial charge in [0.05, 0.1) is 34.2 Å². The van der Waals surface area contributed by atoms with Crippen molar-refractivity contribution in [1.82, 2.24) is 19.6 Å². The monoisotopic (exact) mass is 463 g/mol. The van der Waals surface area contributed by atoms with Gasteiger partial charge in [0.1, 0.15) is 17.5 Å². The molecule has 0 amide bonds. The first-order valence-electron chi connectivity index (χ1n) is 11.1. The van der Waals surface area contributed by atoms with Crippen LogP contribution in [0.4, 0.5) is 24.7 Å². The number of anilines is 2. The van der Waals surface area contributed by atoms with Crippen molar-refractivity contribution in [3.8, 4) is 17.6 Å². The van der Waals surface area contributed by atoms with Crippen LogP contribution in [0.5, 0.6) is 5.75 Å². The molecule has 2 aliphatic rings. The van der Waals surface area contributed by atoms with Crippen LogP contribution in [0.1, 0.15) is 30.7 Å². The van der Waals surface area contributed by atoms with E-state index in [4.69, 9.17) is 4.74 Å². The molecule has 2 aromatic carbocycles. The fourth-order valence-corrected chi connectivity index (χ4v) is 4.42. The molecule has 1 saturated carbocycles. The normalized spacial score (nSPS) is 16.7. The lowest BCUT2D eigenvalue weighted by Crippen LogP contribution is -2.20. The summed E-state index contributed by atoms with van der Waals surface area (Å²) in [7, 11) is 0. The second kappa shape index (κ2) is 7.62. The van der Waals surface area contributed by atoms with Gasteiger partial charge in [-0.15, -0.1) is 10.2 Å². The predicted molar refractivity (Wildman–Crippen MR) is 121 cm³/mol. The summed E-state index contributed by atoms with van der Waals surface area (Å²) in [6.45, 7) is 2.72. The molecule has 0 unspecified atom stereocenters. The zero-order chi connectivity index (χ0) is 23.4. The molecule has 0 bridgehead atoms. The Kier molecular flexibility index (Phi) is 4.66. The molecule has 0 atom stereocenters. The predicted octanol–water partition coefficient (Wildman–Crippen LogP) is 5.04. The lowest BCUT2D eigenvalue weighted by Gasteiger charge is -2.25. The number of aryl methyl sites for hydroxylation is 1. The molecule has 0 saturated heterocycles. The maximum atomic E-state index is 15.2. The highest BCUT2D eigenvalue weighted by molar-refractivity contribution is 5.95. The van der Waals surface area contributed by atoms with Crippen LogP contribution >= 0.6 is 0 Å². The average molecular weight is 463 g/mol. The third-order valence-electron chi connectivity index (χ3n) is 6.44. The molecule has 6 nitrogen and oxygen atoms in total. The van der Waals surface area contributed by atoms with Crippen molar-refractivity contribution >= 4 is 28.2 Å². The minimum absolute atomic E-state index is 0.344. The average Bonchev–Trinajstić information content (AvgIpc) is 3.58. The van der Waals surface area contributed by atoms with E-state index in [9.17, 15) is 8.78 Å². The Hall–Kier alpha value is -3.80. The molecule has 1 fully saturated rings. The molecule has 4 aromatic rings. The van der Waals surface area contributed by atoms with E-state index in [1.165, 1.54) is 6.07 Å². The first-order valence-corrected chi connectivity index (χ1v) is 11.1. The van der Waals surface area contributed by atoms with E-state index in [1.807, 2.05) is 17.0 Å².